The SMILES string of the molecule is CCCCc1c2nc(c(-c3cccc4ccccc34)c3ccc([nH]3)c(C#Cc3ccc(-c4c5nc(c(-c6ccccc6)c6ccc(cc7nc(c(-c8ccccc8)c8ccc4[nH]8)C=C7)[nH]6)C=C5)cc3)c3nc(c(-c4cccc5ccccc45)c4ccc1[nH]4)C=C3)C=C2. The van der Waals surface area contributed by atoms with E-state index in [9.17, 15) is 0 Å². The summed E-state index contributed by atoms with van der Waals surface area (Å²) < 4.78 is 0. The van der Waals surface area contributed by atoms with E-state index in [0.29, 0.717) is 0 Å². The summed E-state index contributed by atoms with van der Waals surface area (Å²) in [5.41, 5.74) is 27.6. The molecule has 10 heterocycles. The Morgan fingerprint density at radius 3 is 1.38 bits per heavy atom. The summed E-state index contributed by atoms with van der Waals surface area (Å²) in [5, 5.41) is 4.62. The molecule has 0 aliphatic carbocycles. The summed E-state index contributed by atoms with van der Waals surface area (Å²) in [6, 6.07) is 79.2. The van der Waals surface area contributed by atoms with Crippen LogP contribution in [0.4, 0.5) is 0 Å². The molecule has 92 heavy (non-hydrogen) atoms. The van der Waals surface area contributed by atoms with Gasteiger partial charge in [0, 0.05) is 77.6 Å². The molecule has 4 aliphatic heterocycles. The smallest absolute Gasteiger partial charge is 0.0815 e. The molecule has 0 atom stereocenters. The highest BCUT2D eigenvalue weighted by Gasteiger charge is 2.21. The molecule has 0 unspecified atom stereocenters. The quantitative estimate of drug-likeness (QED) is 0.113. The van der Waals surface area contributed by atoms with Crippen LogP contribution >= 0.6 is 0 Å². The first kappa shape index (κ1) is 54.0. The number of hydrogen-bond donors (Lipinski definition) is 4. The van der Waals surface area contributed by atoms with E-state index in [-0.39, 0.29) is 0 Å². The lowest BCUT2D eigenvalue weighted by molar-refractivity contribution is 0.795. The molecule has 434 valence electrons. The maximum Gasteiger partial charge on any atom is 0.0815 e. The minimum Gasteiger partial charge on any atom is -0.355 e. The summed E-state index contributed by atoms with van der Waals surface area (Å²) in [7, 11) is 0. The van der Waals surface area contributed by atoms with E-state index in [2.05, 4.69) is 300 Å². The average molecular weight is 1180 g/mol. The third-order valence-electron chi connectivity index (χ3n) is 18.0. The van der Waals surface area contributed by atoms with Crippen LogP contribution in [-0.2, 0) is 6.42 Å². The van der Waals surface area contributed by atoms with E-state index in [1.165, 1.54) is 5.56 Å². The number of nitrogens with one attached hydrogen (secondary N) is 4. The van der Waals surface area contributed by atoms with Crippen molar-refractivity contribution in [2.24, 2.45) is 0 Å². The zero-order valence-corrected chi connectivity index (χ0v) is 50.4. The van der Waals surface area contributed by atoms with Gasteiger partial charge in [-0.2, -0.15) is 0 Å². The summed E-state index contributed by atoms with van der Waals surface area (Å²) in [5.74, 6) is 7.37. The van der Waals surface area contributed by atoms with Gasteiger partial charge in [0.05, 0.1) is 56.6 Å². The van der Waals surface area contributed by atoms with Crippen molar-refractivity contribution in [3.05, 3.63) is 287 Å². The topological polar surface area (TPSA) is 115 Å². The molecule has 0 fully saturated rings. The standard InChI is InChI=1S/C84H58N8/c1-2-3-24-64-66-39-43-76(87-66)83(62-27-14-22-53-16-10-12-25-60(53)62)78-45-41-68(89-78)65(69-42-46-79(90-69)84(77-44-40-67(64)88-77)63-28-15-23-54-17-11-13-26-61(54)63)36-31-52-29-32-57(33-30-52)82-74-49-47-72(91-74)80(55-18-6-4-7-19-55)70-37-34-58(85-70)51-59-35-38-71(86-59)81(56-20-8-5-9-21-56)73-48-50-75(82)92-73/h4-23,25-30,32-35,37-51,85,87,90,92H,2-3,24H2,1H3. The maximum atomic E-state index is 5.61. The number of fused-ring (bicyclic) bond motifs is 18. The van der Waals surface area contributed by atoms with E-state index in [0.717, 1.165) is 197 Å². The van der Waals surface area contributed by atoms with E-state index in [1.807, 2.05) is 12.1 Å². The minimum atomic E-state index is 0.757. The number of H-pyrrole nitrogens is 4. The zero-order chi connectivity index (χ0) is 61.1. The van der Waals surface area contributed by atoms with Crippen molar-refractivity contribution in [2.45, 2.75) is 26.2 Å². The Hall–Kier alpha value is -12.2. The summed E-state index contributed by atoms with van der Waals surface area (Å²) in [4.78, 5) is 37.4. The van der Waals surface area contributed by atoms with Crippen molar-refractivity contribution in [3.8, 4) is 67.5 Å². The van der Waals surface area contributed by atoms with E-state index in [1.54, 1.807) is 0 Å². The first-order valence-corrected chi connectivity index (χ1v) is 31.5. The molecular formula is C84H58N8. The number of nitrogens with zero attached hydrogens (tertiary/aromatic N) is 4. The van der Waals surface area contributed by atoms with Crippen LogP contribution in [-0.4, -0.2) is 39.9 Å². The van der Waals surface area contributed by atoms with E-state index >= 15 is 0 Å². The lowest BCUT2D eigenvalue weighted by atomic mass is 9.97. The van der Waals surface area contributed by atoms with E-state index < -0.39 is 0 Å². The largest absolute Gasteiger partial charge is 0.355 e. The van der Waals surface area contributed by atoms with Gasteiger partial charge in [-0.15, -0.1) is 0 Å². The van der Waals surface area contributed by atoms with Gasteiger partial charge in [-0.3, -0.25) is 0 Å². The highest BCUT2D eigenvalue weighted by Crippen LogP contribution is 2.41. The number of rotatable bonds is 8. The van der Waals surface area contributed by atoms with Crippen molar-refractivity contribution in [3.63, 3.8) is 0 Å². The number of unbranched alkanes of at least 4 members (excludes halogenated alkanes) is 1. The van der Waals surface area contributed by atoms with Gasteiger partial charge < -0.3 is 19.9 Å². The number of aromatic nitrogens is 8. The van der Waals surface area contributed by atoms with Crippen molar-refractivity contribution < 1.29 is 0 Å². The third-order valence-corrected chi connectivity index (χ3v) is 18.0. The van der Waals surface area contributed by atoms with Gasteiger partial charge in [-0.05, 0) is 178 Å². The van der Waals surface area contributed by atoms with Crippen LogP contribution in [0.25, 0.3) is 170 Å². The Kier molecular flexibility index (Phi) is 13.4. The predicted octanol–water partition coefficient (Wildman–Crippen LogP) is 21.0. The van der Waals surface area contributed by atoms with Crippen molar-refractivity contribution in [2.75, 3.05) is 0 Å². The highest BCUT2D eigenvalue weighted by atomic mass is 14.8. The first-order valence-electron chi connectivity index (χ1n) is 31.5. The Labute approximate surface area is 531 Å². The maximum absolute atomic E-state index is 5.61. The van der Waals surface area contributed by atoms with Crippen LogP contribution in [0.3, 0.4) is 0 Å². The minimum absolute atomic E-state index is 0.757. The second-order valence-electron chi connectivity index (χ2n) is 23.7. The molecule has 6 aromatic heterocycles. The molecule has 13 aromatic rings. The molecule has 4 N–H and O–H groups in total. The fourth-order valence-electron chi connectivity index (χ4n) is 13.6. The molecule has 0 saturated carbocycles. The van der Waals surface area contributed by atoms with Crippen LogP contribution in [0, 0.1) is 11.8 Å². The third kappa shape index (κ3) is 9.77. The normalized spacial score (nSPS) is 12.3. The Balaban J connectivity index is 0.886. The molecule has 17 rings (SSSR count). The zero-order valence-electron chi connectivity index (χ0n) is 50.4. The van der Waals surface area contributed by atoms with Crippen LogP contribution in [0.2, 0.25) is 0 Å². The van der Waals surface area contributed by atoms with Gasteiger partial charge in [0.15, 0.2) is 0 Å². The van der Waals surface area contributed by atoms with Crippen molar-refractivity contribution in [1.82, 2.24) is 39.9 Å². The lowest BCUT2D eigenvalue weighted by Crippen LogP contribution is -1.93. The molecule has 8 nitrogen and oxygen atoms in total. The van der Waals surface area contributed by atoms with Gasteiger partial charge in [0.2, 0.25) is 0 Å². The Bertz CT molecular complexity index is 5610. The lowest BCUT2D eigenvalue weighted by Gasteiger charge is -2.09. The van der Waals surface area contributed by atoms with Crippen LogP contribution < -0.4 is 0 Å². The monoisotopic (exact) mass is 1180 g/mol. The van der Waals surface area contributed by atoms with Crippen LogP contribution in [0.5, 0.6) is 0 Å². The average Bonchev–Trinajstić information content (AvgIpc) is 1.64. The van der Waals surface area contributed by atoms with Gasteiger partial charge in [-0.1, -0.05) is 183 Å². The van der Waals surface area contributed by atoms with Gasteiger partial charge in [0.1, 0.15) is 0 Å². The van der Waals surface area contributed by atoms with Gasteiger partial charge >= 0.3 is 0 Å². The highest BCUT2D eigenvalue weighted by molar-refractivity contribution is 6.06. The van der Waals surface area contributed by atoms with Crippen molar-refractivity contribution in [1.29, 1.82) is 0 Å². The van der Waals surface area contributed by atoms with Gasteiger partial charge in [0.25, 0.3) is 0 Å². The fraction of sp³-hybridized carbons (Fsp3) is 0.0476. The fourth-order valence-corrected chi connectivity index (χ4v) is 13.6. The van der Waals surface area contributed by atoms with Crippen LogP contribution in [0.15, 0.2) is 224 Å². The Morgan fingerprint density at radius 2 is 0.761 bits per heavy atom. The molecule has 0 saturated heterocycles. The number of aromatic amines is 4. The molecule has 4 aliphatic rings. The van der Waals surface area contributed by atoms with Crippen LogP contribution in [0.1, 0.15) is 82.0 Å². The first-order chi connectivity index (χ1) is 45.5. The van der Waals surface area contributed by atoms with Crippen molar-refractivity contribution >= 4 is 114 Å². The molecule has 7 aromatic carbocycles. The number of aryl methyl sites for hydroxylation is 1. The Morgan fingerprint density at radius 1 is 0.326 bits per heavy atom. The second-order valence-corrected chi connectivity index (χ2v) is 23.7. The molecule has 0 amide bonds. The molecule has 0 spiro atoms. The molecule has 16 bridgehead atoms. The molecule has 0 radical (unpaired) electrons. The predicted molar refractivity (Wildman–Crippen MR) is 384 cm³/mol. The molecule has 8 heteroatoms. The second kappa shape index (κ2) is 22.8. The summed E-state index contributed by atoms with van der Waals surface area (Å²) in [6.45, 7) is 2.25. The number of hydrogen-bond acceptors (Lipinski definition) is 4. The summed E-state index contributed by atoms with van der Waals surface area (Å²) >= 11 is 0. The van der Waals surface area contributed by atoms with Gasteiger partial charge in [-0.25, -0.2) is 19.9 Å². The molecular weight excluding hydrogens is 1120 g/mol. The van der Waals surface area contributed by atoms with E-state index in [4.69, 9.17) is 19.9 Å². The number of benzene rings is 7. The summed E-state index contributed by atoms with van der Waals surface area (Å²) in [6.07, 6.45) is 20.1.